The zero-order chi connectivity index (χ0) is 16.6. The SMILES string of the molecule is Cl.NC(c1c(Br)cc(Br)cc1Br)C(N)c1c(Br)cc(Br)cc1Br. The Hall–Kier alpha value is 1.53. The first-order valence-electron chi connectivity index (χ1n) is 6.02. The largest absolute Gasteiger partial charge is 0.322 e. The van der Waals surface area contributed by atoms with E-state index in [1.54, 1.807) is 0 Å². The van der Waals surface area contributed by atoms with E-state index < -0.39 is 0 Å². The Balaban J connectivity index is 0.00000264. The van der Waals surface area contributed by atoms with Crippen LogP contribution in [0.5, 0.6) is 0 Å². The summed E-state index contributed by atoms with van der Waals surface area (Å²) >= 11 is 21.2. The van der Waals surface area contributed by atoms with Crippen LogP contribution in [-0.4, -0.2) is 0 Å². The Labute approximate surface area is 191 Å². The molecule has 0 saturated heterocycles. The minimum absolute atomic E-state index is 0. The first kappa shape index (κ1) is 22.6. The quantitative estimate of drug-likeness (QED) is 0.348. The minimum atomic E-state index is -0.384. The van der Waals surface area contributed by atoms with Crippen molar-refractivity contribution in [3.63, 3.8) is 0 Å². The van der Waals surface area contributed by atoms with Crippen LogP contribution in [0.1, 0.15) is 23.2 Å². The van der Waals surface area contributed by atoms with Gasteiger partial charge in [0, 0.05) is 26.8 Å². The fourth-order valence-corrected chi connectivity index (χ4v) is 7.68. The number of hydrogen-bond acceptors (Lipinski definition) is 2. The molecule has 0 radical (unpaired) electrons. The summed E-state index contributed by atoms with van der Waals surface area (Å²) in [5.74, 6) is 0. The first-order chi connectivity index (χ1) is 10.2. The van der Waals surface area contributed by atoms with Gasteiger partial charge in [-0.3, -0.25) is 0 Å². The highest BCUT2D eigenvalue weighted by Crippen LogP contribution is 2.41. The number of hydrogen-bond donors (Lipinski definition) is 2. The van der Waals surface area contributed by atoms with Gasteiger partial charge >= 0.3 is 0 Å². The second-order valence-electron chi connectivity index (χ2n) is 4.62. The summed E-state index contributed by atoms with van der Waals surface area (Å²) < 4.78 is 5.53. The van der Waals surface area contributed by atoms with Crippen molar-refractivity contribution in [3.05, 3.63) is 62.2 Å². The molecule has 23 heavy (non-hydrogen) atoms. The van der Waals surface area contributed by atoms with Crippen molar-refractivity contribution in [1.29, 1.82) is 0 Å². The number of rotatable bonds is 3. The lowest BCUT2D eigenvalue weighted by Gasteiger charge is -2.25. The van der Waals surface area contributed by atoms with Crippen LogP contribution in [0.2, 0.25) is 0 Å². The van der Waals surface area contributed by atoms with Crippen molar-refractivity contribution >= 4 is 108 Å². The van der Waals surface area contributed by atoms with Gasteiger partial charge in [-0.05, 0) is 35.4 Å². The number of benzene rings is 2. The molecular weight excluding hydrogens is 711 g/mol. The summed E-state index contributed by atoms with van der Waals surface area (Å²) in [5.41, 5.74) is 14.7. The van der Waals surface area contributed by atoms with E-state index in [1.807, 2.05) is 24.3 Å². The molecule has 0 aliphatic heterocycles. The lowest BCUT2D eigenvalue weighted by Crippen LogP contribution is -2.28. The van der Waals surface area contributed by atoms with Gasteiger partial charge in [-0.15, -0.1) is 12.4 Å². The summed E-state index contributed by atoms with van der Waals surface area (Å²) in [4.78, 5) is 0. The molecule has 2 aromatic rings. The predicted octanol–water partition coefficient (Wildman–Crippen LogP) is 7.38. The summed E-state index contributed by atoms with van der Waals surface area (Å²) in [6.07, 6.45) is 0. The molecule has 0 amide bonds. The maximum Gasteiger partial charge on any atom is 0.0514 e. The van der Waals surface area contributed by atoms with Crippen LogP contribution in [0.15, 0.2) is 51.1 Å². The molecule has 0 spiro atoms. The highest BCUT2D eigenvalue weighted by molar-refractivity contribution is 9.12. The smallest absolute Gasteiger partial charge is 0.0514 e. The summed E-state index contributed by atoms with van der Waals surface area (Å²) in [6, 6.07) is 7.06. The molecule has 0 bridgehead atoms. The second-order valence-corrected chi connectivity index (χ2v) is 9.87. The van der Waals surface area contributed by atoms with Crippen LogP contribution in [-0.2, 0) is 0 Å². The normalized spacial score (nSPS) is 13.4. The van der Waals surface area contributed by atoms with E-state index in [-0.39, 0.29) is 24.5 Å². The Morgan fingerprint density at radius 2 is 0.783 bits per heavy atom. The van der Waals surface area contributed by atoms with Crippen LogP contribution in [0.4, 0.5) is 0 Å². The molecule has 0 saturated carbocycles. The fraction of sp³-hybridized carbons (Fsp3) is 0.143. The molecule has 2 unspecified atom stereocenters. The monoisotopic (exact) mass is 716 g/mol. The summed E-state index contributed by atoms with van der Waals surface area (Å²) in [7, 11) is 0. The van der Waals surface area contributed by atoms with Crippen LogP contribution in [0, 0.1) is 0 Å². The molecule has 2 nitrogen and oxygen atoms in total. The number of halogens is 7. The summed E-state index contributed by atoms with van der Waals surface area (Å²) in [6.45, 7) is 0. The van der Waals surface area contributed by atoms with Crippen LogP contribution in [0.3, 0.4) is 0 Å². The van der Waals surface area contributed by atoms with Gasteiger partial charge in [0.15, 0.2) is 0 Å². The minimum Gasteiger partial charge on any atom is -0.322 e. The number of nitrogens with two attached hydrogens (primary N) is 2. The average molecular weight is 722 g/mol. The van der Waals surface area contributed by atoms with Crippen molar-refractivity contribution < 1.29 is 0 Å². The molecule has 2 aromatic carbocycles. The molecule has 0 aliphatic rings. The maximum atomic E-state index is 6.44. The van der Waals surface area contributed by atoms with Gasteiger partial charge in [0.1, 0.15) is 0 Å². The van der Waals surface area contributed by atoms with Gasteiger partial charge in [0.05, 0.1) is 12.1 Å². The van der Waals surface area contributed by atoms with Crippen molar-refractivity contribution in [2.45, 2.75) is 12.1 Å². The summed E-state index contributed by atoms with van der Waals surface area (Å²) in [5, 5.41) is 0. The molecule has 0 heterocycles. The van der Waals surface area contributed by atoms with E-state index in [0.29, 0.717) is 0 Å². The van der Waals surface area contributed by atoms with Gasteiger partial charge in [-0.25, -0.2) is 0 Å². The molecule has 0 aliphatic carbocycles. The van der Waals surface area contributed by atoms with E-state index in [2.05, 4.69) is 95.6 Å². The van der Waals surface area contributed by atoms with Crippen molar-refractivity contribution in [3.8, 4) is 0 Å². The molecular formula is C14H11Br6ClN2. The van der Waals surface area contributed by atoms with Crippen LogP contribution in [0.25, 0.3) is 0 Å². The van der Waals surface area contributed by atoms with E-state index in [1.165, 1.54) is 0 Å². The molecule has 4 N–H and O–H groups in total. The van der Waals surface area contributed by atoms with Gasteiger partial charge in [0.2, 0.25) is 0 Å². The molecule has 0 fully saturated rings. The first-order valence-corrected chi connectivity index (χ1v) is 10.8. The van der Waals surface area contributed by atoms with E-state index in [4.69, 9.17) is 11.5 Å². The van der Waals surface area contributed by atoms with Crippen molar-refractivity contribution in [2.75, 3.05) is 0 Å². The van der Waals surface area contributed by atoms with Crippen LogP contribution >= 0.6 is 108 Å². The molecule has 2 atom stereocenters. The van der Waals surface area contributed by atoms with E-state index in [0.717, 1.165) is 38.0 Å². The van der Waals surface area contributed by atoms with Gasteiger partial charge in [-0.1, -0.05) is 95.6 Å². The van der Waals surface area contributed by atoms with E-state index in [9.17, 15) is 0 Å². The molecule has 2 rings (SSSR count). The predicted molar refractivity (Wildman–Crippen MR) is 120 cm³/mol. The third-order valence-electron chi connectivity index (χ3n) is 3.14. The van der Waals surface area contributed by atoms with E-state index >= 15 is 0 Å². The zero-order valence-corrected chi connectivity index (χ0v) is 21.6. The average Bonchev–Trinajstić information content (AvgIpc) is 2.35. The molecule has 126 valence electrons. The van der Waals surface area contributed by atoms with Gasteiger partial charge < -0.3 is 11.5 Å². The highest BCUT2D eigenvalue weighted by Gasteiger charge is 2.25. The lowest BCUT2D eigenvalue weighted by molar-refractivity contribution is 0.566. The standard InChI is InChI=1S/C14H10Br6N2.ClH/c15-5-1-7(17)11(8(18)2-5)13(21)14(22)12-9(19)3-6(16)4-10(12)20;/h1-4,13-14H,21-22H2;1H. The molecule has 0 aromatic heterocycles. The lowest BCUT2D eigenvalue weighted by atomic mass is 9.95. The Morgan fingerprint density at radius 1 is 0.565 bits per heavy atom. The van der Waals surface area contributed by atoms with Crippen LogP contribution < -0.4 is 11.5 Å². The zero-order valence-electron chi connectivity index (χ0n) is 11.3. The van der Waals surface area contributed by atoms with Gasteiger partial charge in [-0.2, -0.15) is 0 Å². The van der Waals surface area contributed by atoms with Crippen molar-refractivity contribution in [1.82, 2.24) is 0 Å². The third kappa shape index (κ3) is 5.26. The van der Waals surface area contributed by atoms with Crippen molar-refractivity contribution in [2.24, 2.45) is 11.5 Å². The molecule has 9 heteroatoms. The Kier molecular flexibility index (Phi) is 9.28. The topological polar surface area (TPSA) is 52.0 Å². The highest BCUT2D eigenvalue weighted by atomic mass is 79.9. The maximum absolute atomic E-state index is 6.44. The third-order valence-corrected chi connectivity index (χ3v) is 6.68. The second kappa shape index (κ2) is 9.46. The van der Waals surface area contributed by atoms with Gasteiger partial charge in [0.25, 0.3) is 0 Å². The Morgan fingerprint density at radius 3 is 1.00 bits per heavy atom. The Bertz CT molecular complexity index is 617. The fourth-order valence-electron chi connectivity index (χ4n) is 2.10.